The fourth-order valence-corrected chi connectivity index (χ4v) is 5.27. The number of halogens is 2. The van der Waals surface area contributed by atoms with Crippen molar-refractivity contribution in [3.05, 3.63) is 52.0 Å². The van der Waals surface area contributed by atoms with Crippen LogP contribution < -0.4 is 0 Å². The third-order valence-corrected chi connectivity index (χ3v) is 7.47. The summed E-state index contributed by atoms with van der Waals surface area (Å²) in [6.07, 6.45) is 2.46. The molecule has 3 aromatic rings. The molecule has 5 nitrogen and oxygen atoms in total. The zero-order chi connectivity index (χ0) is 19.2. The minimum Gasteiger partial charge on any atom is -0.354 e. The fourth-order valence-electron chi connectivity index (χ4n) is 3.43. The number of hydrogen-bond donors (Lipinski definition) is 1. The minimum atomic E-state index is -3.56. The first kappa shape index (κ1) is 18.5. The first-order valence-corrected chi connectivity index (χ1v) is 10.7. The number of fused-ring (bicyclic) bond motifs is 1. The van der Waals surface area contributed by atoms with Gasteiger partial charge in [-0.15, -0.1) is 0 Å². The SMILES string of the molecule is O=Cc1c(-c2ccc(Cl)c(Cl)c2)[nH]c2ccc(S(=O)(=O)N3CCCC3)cc12. The van der Waals surface area contributed by atoms with Crippen molar-refractivity contribution >= 4 is 50.4 Å². The maximum Gasteiger partial charge on any atom is 0.243 e. The number of nitrogens with zero attached hydrogens (tertiary/aromatic N) is 1. The number of aromatic nitrogens is 1. The van der Waals surface area contributed by atoms with E-state index >= 15 is 0 Å². The normalized spacial score (nSPS) is 15.5. The lowest BCUT2D eigenvalue weighted by Gasteiger charge is -2.15. The van der Waals surface area contributed by atoms with Crippen LogP contribution in [-0.2, 0) is 10.0 Å². The maximum atomic E-state index is 12.8. The highest BCUT2D eigenvalue weighted by Crippen LogP contribution is 2.34. The van der Waals surface area contributed by atoms with Crippen LogP contribution in [0, 0.1) is 0 Å². The molecule has 1 aliphatic heterocycles. The van der Waals surface area contributed by atoms with Crippen LogP contribution in [0.1, 0.15) is 23.2 Å². The van der Waals surface area contributed by atoms with Crippen LogP contribution in [-0.4, -0.2) is 37.1 Å². The molecule has 0 saturated carbocycles. The molecule has 1 fully saturated rings. The summed E-state index contributed by atoms with van der Waals surface area (Å²) in [5.74, 6) is 0. The molecule has 2 aromatic carbocycles. The highest BCUT2D eigenvalue weighted by atomic mass is 35.5. The van der Waals surface area contributed by atoms with E-state index in [2.05, 4.69) is 4.98 Å². The topological polar surface area (TPSA) is 70.2 Å². The standard InChI is InChI=1S/C19H16Cl2N2O3S/c20-16-5-3-12(9-17(16)21)19-15(11-24)14-10-13(4-6-18(14)22-19)27(25,26)23-7-1-2-8-23/h3-6,9-11,22H,1-2,7-8H2. The summed E-state index contributed by atoms with van der Waals surface area (Å²) in [5.41, 5.74) is 2.35. The molecule has 0 unspecified atom stereocenters. The number of aromatic amines is 1. The van der Waals surface area contributed by atoms with E-state index in [-0.39, 0.29) is 4.90 Å². The molecule has 1 saturated heterocycles. The predicted molar refractivity (Wildman–Crippen MR) is 107 cm³/mol. The smallest absolute Gasteiger partial charge is 0.243 e. The van der Waals surface area contributed by atoms with Gasteiger partial charge in [0, 0.05) is 35.1 Å². The molecule has 1 N–H and O–H groups in total. The quantitative estimate of drug-likeness (QED) is 0.617. The Morgan fingerprint density at radius 2 is 1.74 bits per heavy atom. The summed E-state index contributed by atoms with van der Waals surface area (Å²) < 4.78 is 27.2. The average Bonchev–Trinajstić information content (AvgIpc) is 3.31. The summed E-state index contributed by atoms with van der Waals surface area (Å²) in [4.78, 5) is 15.2. The summed E-state index contributed by atoms with van der Waals surface area (Å²) in [6.45, 7) is 1.06. The summed E-state index contributed by atoms with van der Waals surface area (Å²) in [5, 5.41) is 1.36. The lowest BCUT2D eigenvalue weighted by molar-refractivity contribution is 0.112. The van der Waals surface area contributed by atoms with Gasteiger partial charge in [0.15, 0.2) is 6.29 Å². The van der Waals surface area contributed by atoms with Gasteiger partial charge < -0.3 is 4.98 Å². The van der Waals surface area contributed by atoms with Crippen LogP contribution in [0.25, 0.3) is 22.2 Å². The second-order valence-electron chi connectivity index (χ2n) is 6.48. The Bertz CT molecular complexity index is 1150. The largest absolute Gasteiger partial charge is 0.354 e. The van der Waals surface area contributed by atoms with E-state index in [9.17, 15) is 13.2 Å². The van der Waals surface area contributed by atoms with E-state index in [1.165, 1.54) is 4.31 Å². The van der Waals surface area contributed by atoms with E-state index in [0.29, 0.717) is 50.9 Å². The predicted octanol–water partition coefficient (Wildman–Crippen LogP) is 4.74. The van der Waals surface area contributed by atoms with Crippen LogP contribution in [0.15, 0.2) is 41.3 Å². The Balaban J connectivity index is 1.87. The van der Waals surface area contributed by atoms with Gasteiger partial charge in [-0.2, -0.15) is 4.31 Å². The number of hydrogen-bond acceptors (Lipinski definition) is 3. The lowest BCUT2D eigenvalue weighted by atomic mass is 10.1. The van der Waals surface area contributed by atoms with Gasteiger partial charge in [-0.1, -0.05) is 29.3 Å². The second-order valence-corrected chi connectivity index (χ2v) is 9.23. The maximum absolute atomic E-state index is 12.8. The lowest BCUT2D eigenvalue weighted by Crippen LogP contribution is -2.27. The molecule has 140 valence electrons. The number of H-pyrrole nitrogens is 1. The molecule has 4 rings (SSSR count). The van der Waals surface area contributed by atoms with E-state index in [1.807, 2.05) is 0 Å². The van der Waals surface area contributed by atoms with Crippen molar-refractivity contribution in [1.29, 1.82) is 0 Å². The number of carbonyl (C=O) groups excluding carboxylic acids is 1. The van der Waals surface area contributed by atoms with Crippen molar-refractivity contribution in [3.8, 4) is 11.3 Å². The van der Waals surface area contributed by atoms with Gasteiger partial charge in [-0.05, 0) is 43.2 Å². The van der Waals surface area contributed by atoms with Gasteiger partial charge in [0.05, 0.1) is 20.6 Å². The number of carbonyl (C=O) groups is 1. The highest BCUT2D eigenvalue weighted by Gasteiger charge is 2.28. The third kappa shape index (κ3) is 3.17. The molecule has 0 spiro atoms. The van der Waals surface area contributed by atoms with E-state index in [4.69, 9.17) is 23.2 Å². The first-order valence-electron chi connectivity index (χ1n) is 8.48. The van der Waals surface area contributed by atoms with Crippen LogP contribution in [0.4, 0.5) is 0 Å². The molecular weight excluding hydrogens is 407 g/mol. The molecule has 1 aliphatic rings. The molecular formula is C19H16Cl2N2O3S. The van der Waals surface area contributed by atoms with Gasteiger partial charge >= 0.3 is 0 Å². The number of benzene rings is 2. The average molecular weight is 423 g/mol. The van der Waals surface area contributed by atoms with Crippen LogP contribution in [0.5, 0.6) is 0 Å². The fraction of sp³-hybridized carbons (Fsp3) is 0.211. The molecule has 8 heteroatoms. The molecule has 0 bridgehead atoms. The Morgan fingerprint density at radius 1 is 1.00 bits per heavy atom. The molecule has 0 amide bonds. The summed E-state index contributed by atoms with van der Waals surface area (Å²) in [6, 6.07) is 9.90. The van der Waals surface area contributed by atoms with Gasteiger partial charge in [-0.25, -0.2) is 8.42 Å². The van der Waals surface area contributed by atoms with E-state index in [0.717, 1.165) is 19.1 Å². The molecule has 2 heterocycles. The van der Waals surface area contributed by atoms with Gasteiger partial charge in [0.25, 0.3) is 0 Å². The number of rotatable bonds is 4. The van der Waals surface area contributed by atoms with Crippen molar-refractivity contribution < 1.29 is 13.2 Å². The zero-order valence-electron chi connectivity index (χ0n) is 14.2. The van der Waals surface area contributed by atoms with Crippen molar-refractivity contribution in [2.24, 2.45) is 0 Å². The van der Waals surface area contributed by atoms with Crippen molar-refractivity contribution in [2.75, 3.05) is 13.1 Å². The highest BCUT2D eigenvalue weighted by molar-refractivity contribution is 7.89. The summed E-state index contributed by atoms with van der Waals surface area (Å²) >= 11 is 12.1. The Labute approximate surface area is 166 Å². The molecule has 1 aromatic heterocycles. The zero-order valence-corrected chi connectivity index (χ0v) is 16.5. The van der Waals surface area contributed by atoms with E-state index < -0.39 is 10.0 Å². The monoisotopic (exact) mass is 422 g/mol. The molecule has 27 heavy (non-hydrogen) atoms. The third-order valence-electron chi connectivity index (χ3n) is 4.84. The van der Waals surface area contributed by atoms with Crippen LogP contribution in [0.2, 0.25) is 10.0 Å². The molecule has 0 atom stereocenters. The Morgan fingerprint density at radius 3 is 2.41 bits per heavy atom. The second kappa shape index (κ2) is 6.95. The van der Waals surface area contributed by atoms with Gasteiger partial charge in [-0.3, -0.25) is 4.79 Å². The number of sulfonamides is 1. The Hall–Kier alpha value is -1.86. The van der Waals surface area contributed by atoms with Crippen molar-refractivity contribution in [3.63, 3.8) is 0 Å². The van der Waals surface area contributed by atoms with Crippen LogP contribution in [0.3, 0.4) is 0 Å². The Kier molecular flexibility index (Phi) is 4.76. The van der Waals surface area contributed by atoms with E-state index in [1.54, 1.807) is 36.4 Å². The molecule has 0 aliphatic carbocycles. The van der Waals surface area contributed by atoms with Crippen LogP contribution >= 0.6 is 23.2 Å². The number of aldehydes is 1. The van der Waals surface area contributed by atoms with Crippen molar-refractivity contribution in [2.45, 2.75) is 17.7 Å². The molecule has 0 radical (unpaired) electrons. The number of nitrogens with one attached hydrogen (secondary N) is 1. The first-order chi connectivity index (χ1) is 12.9. The minimum absolute atomic E-state index is 0.194. The van der Waals surface area contributed by atoms with Crippen molar-refractivity contribution in [1.82, 2.24) is 9.29 Å². The van der Waals surface area contributed by atoms with Gasteiger partial charge in [0.2, 0.25) is 10.0 Å². The summed E-state index contributed by atoms with van der Waals surface area (Å²) in [7, 11) is -3.56. The van der Waals surface area contributed by atoms with Gasteiger partial charge in [0.1, 0.15) is 0 Å².